The number of thioether (sulfide) groups is 2. The molecule has 19 rings (SSSR count). The fourth-order valence-electron chi connectivity index (χ4n) is 19.8. The highest BCUT2D eigenvalue weighted by molar-refractivity contribution is 7.99. The van der Waals surface area contributed by atoms with E-state index in [1.807, 2.05) is 153 Å². The molecule has 0 spiro atoms. The van der Waals surface area contributed by atoms with E-state index in [0.717, 1.165) is 92.2 Å². The SMILES string of the molecule is CCC(CC)N1C(=O)c2ccc3c4ccc5c6c(cc(SCCC(=O)NC(Cc7c[nH]c8ccccc78)C(=O)O)c(c7ccc(c2c37)C1=O)c64)C(=O)N(C(CC)CC)C5=O.CCC(CC)N1C(=O)c2ccc3c4ccc5c6c(cc(SCCC(=O)ON7C(=O)CCC7=O)c(c7ccc(c2c37)C1=O)c64)C(=O)N(C(CC)CC)C5=O.NC(Cc1c[nH]c2ccccc12)C(=O)O. The number of H-pyrrole nitrogens is 2. The standard InChI is InChI=1S/C48H44N4O7S.C41H37N3O8S.C11H12N2O2/c1-5-25(6-2)51-44(54)31-16-13-28-29-14-17-33-41-34(47(57)52(46(33)56)26(7-3)8-4)22-37(42(43(29)41)30-15-18-32(45(51)55)40(31)39(28)30)60-20-19-38(53)50-36(48(58)59)21-24-23-49-35-12-10-9-11-27(24)35;1-5-20(6-2)42-38(48)25-12-9-22-23-10-13-27-35-28(41(51)43(40(27)50)21(7-3)8-4)19-29(53-18-17-32(47)52-44-30(45)15-16-31(44)46)36(37(23)35)24-11-14-26(39(42)49)34(25)33(22)24;12-9(11(14)15)5-7-6-13-10-4-2-1-3-8(7)10/h9-18,22-23,25-26,36,49H,5-8,19-21H2,1-4H3,(H,50,53)(H,58,59);9-14,19-21H,5-8,15-18H2,1-4H3;1-4,6,9,13H,5,12H2,(H,14,15). The number of imide groups is 5. The zero-order chi connectivity index (χ0) is 90.4. The molecule has 0 aliphatic carbocycles. The number of hydrogen-bond donors (Lipinski definition) is 6. The van der Waals surface area contributed by atoms with Crippen molar-refractivity contribution in [2.45, 2.75) is 191 Å². The van der Waals surface area contributed by atoms with Gasteiger partial charge in [-0.3, -0.25) is 77.1 Å². The van der Waals surface area contributed by atoms with E-state index in [2.05, 4.69) is 15.3 Å². The highest BCUT2D eigenvalue weighted by Gasteiger charge is 2.45. The summed E-state index contributed by atoms with van der Waals surface area (Å²) in [6.45, 7) is 15.7. The summed E-state index contributed by atoms with van der Waals surface area (Å²) in [7, 11) is 0. The lowest BCUT2D eigenvalue weighted by Gasteiger charge is -2.35. The maximum atomic E-state index is 14.5. The zero-order valence-electron chi connectivity index (χ0n) is 71.8. The molecule has 28 heteroatoms. The van der Waals surface area contributed by atoms with Gasteiger partial charge in [-0.1, -0.05) is 128 Å². The second kappa shape index (κ2) is 34.7. The lowest BCUT2D eigenvalue weighted by atomic mass is 9.81. The second-order valence-electron chi connectivity index (χ2n) is 33.1. The van der Waals surface area contributed by atoms with Crippen molar-refractivity contribution in [2.24, 2.45) is 5.73 Å². The van der Waals surface area contributed by atoms with Gasteiger partial charge in [0.05, 0.1) is 6.42 Å². The van der Waals surface area contributed by atoms with Gasteiger partial charge in [0.1, 0.15) is 12.1 Å². The topological polar surface area (TPSA) is 374 Å². The molecular formula is C100H93N9O17S2. The van der Waals surface area contributed by atoms with Gasteiger partial charge >= 0.3 is 17.9 Å². The number of carbonyl (C=O) groups is 14. The van der Waals surface area contributed by atoms with E-state index in [-0.39, 0.29) is 115 Å². The number of hydroxylamine groups is 2. The third-order valence-corrected chi connectivity index (χ3v) is 28.4. The molecule has 652 valence electrons. The van der Waals surface area contributed by atoms with Crippen LogP contribution in [-0.4, -0.2) is 175 Å². The number of aromatic amines is 2. The van der Waals surface area contributed by atoms with Gasteiger partial charge in [0.15, 0.2) is 0 Å². The molecule has 2 aromatic heterocycles. The number of fused-ring (bicyclic) bond motifs is 6. The molecule has 11 amide bonds. The first-order valence-corrected chi connectivity index (χ1v) is 45.7. The van der Waals surface area contributed by atoms with E-state index < -0.39 is 47.7 Å². The Labute approximate surface area is 742 Å². The Bertz CT molecular complexity index is 7060. The maximum absolute atomic E-state index is 14.5. The molecule has 0 radical (unpaired) electrons. The fourth-order valence-corrected chi connectivity index (χ4v) is 21.9. The molecular weight excluding hydrogens is 1660 g/mol. The lowest BCUT2D eigenvalue weighted by Crippen LogP contribution is -2.46. The first-order valence-electron chi connectivity index (χ1n) is 43.7. The number of amides is 11. The first-order chi connectivity index (χ1) is 61.8. The Morgan fingerprint density at radius 2 is 0.703 bits per heavy atom. The molecule has 7 N–H and O–H groups in total. The Kier molecular flexibility index (Phi) is 23.5. The number of nitrogens with two attached hydrogens (primary N) is 1. The first kappa shape index (κ1) is 86.7. The number of rotatable bonds is 28. The molecule has 2 atom stereocenters. The van der Waals surface area contributed by atoms with E-state index in [1.54, 1.807) is 48.7 Å². The van der Waals surface area contributed by atoms with Crippen LogP contribution >= 0.6 is 23.5 Å². The van der Waals surface area contributed by atoms with Crippen LogP contribution in [0.5, 0.6) is 0 Å². The summed E-state index contributed by atoms with van der Waals surface area (Å²) in [5.41, 5.74) is 12.5. The van der Waals surface area contributed by atoms with Crippen LogP contribution in [0.25, 0.3) is 108 Å². The fraction of sp³-hybridized carbons (Fsp3) is 0.300. The molecule has 1 saturated heterocycles. The van der Waals surface area contributed by atoms with Crippen molar-refractivity contribution in [1.82, 2.24) is 39.9 Å². The van der Waals surface area contributed by atoms with E-state index in [4.69, 9.17) is 15.7 Å². The minimum absolute atomic E-state index is 0.0116. The monoisotopic (exact) mass is 1760 g/mol. The van der Waals surface area contributed by atoms with Crippen molar-refractivity contribution in [3.8, 4) is 0 Å². The van der Waals surface area contributed by atoms with Gasteiger partial charge in [0, 0.05) is 199 Å². The molecule has 26 nitrogen and oxygen atoms in total. The van der Waals surface area contributed by atoms with Crippen LogP contribution in [-0.2, 0) is 46.4 Å². The molecule has 7 heterocycles. The summed E-state index contributed by atoms with van der Waals surface area (Å²) in [6, 6.07) is 37.9. The average molecular weight is 1760 g/mol. The predicted molar refractivity (Wildman–Crippen MR) is 492 cm³/mol. The van der Waals surface area contributed by atoms with Crippen LogP contribution in [0, 0.1) is 0 Å². The largest absolute Gasteiger partial charge is 0.480 e. The van der Waals surface area contributed by atoms with Crippen LogP contribution in [0.4, 0.5) is 0 Å². The summed E-state index contributed by atoms with van der Waals surface area (Å²) >= 11 is 2.68. The number of carbonyl (C=O) groups excluding carboxylic acids is 12. The minimum atomic E-state index is -1.15. The van der Waals surface area contributed by atoms with Crippen LogP contribution in [0.15, 0.2) is 156 Å². The van der Waals surface area contributed by atoms with Gasteiger partial charge in [-0.2, -0.15) is 0 Å². The minimum Gasteiger partial charge on any atom is -0.480 e. The molecule has 0 bridgehead atoms. The summed E-state index contributed by atoms with van der Waals surface area (Å²) in [5, 5.41) is 35.3. The molecule has 5 aliphatic heterocycles. The van der Waals surface area contributed by atoms with Gasteiger partial charge in [0.25, 0.3) is 59.1 Å². The Hall–Kier alpha value is -13.4. The number of carboxylic acids is 2. The Morgan fingerprint density at radius 1 is 0.383 bits per heavy atom. The molecule has 1 fully saturated rings. The summed E-state index contributed by atoms with van der Waals surface area (Å²) < 4.78 is 0. The van der Waals surface area contributed by atoms with E-state index >= 15 is 0 Å². The van der Waals surface area contributed by atoms with Gasteiger partial charge in [-0.05, 0) is 166 Å². The van der Waals surface area contributed by atoms with E-state index in [0.29, 0.717) is 144 Å². The number of carboxylic acid groups (broad SMARTS) is 2. The lowest BCUT2D eigenvalue weighted by molar-refractivity contribution is -0.197. The van der Waals surface area contributed by atoms with Crippen LogP contribution in [0.3, 0.4) is 0 Å². The second-order valence-corrected chi connectivity index (χ2v) is 35.4. The summed E-state index contributed by atoms with van der Waals surface area (Å²) in [4.78, 5) is 205. The van der Waals surface area contributed by atoms with Crippen molar-refractivity contribution >= 4 is 214 Å². The number of aliphatic carboxylic acids is 2. The number of para-hydroxylation sites is 2. The maximum Gasteiger partial charge on any atom is 0.334 e. The van der Waals surface area contributed by atoms with Crippen molar-refractivity contribution < 1.29 is 82.2 Å². The van der Waals surface area contributed by atoms with Crippen LogP contribution in [0.1, 0.15) is 226 Å². The highest BCUT2D eigenvalue weighted by atomic mass is 32.2. The molecule has 5 aliphatic rings. The normalized spacial score (nSPS) is 15.1. The third-order valence-electron chi connectivity index (χ3n) is 26.3. The Morgan fingerprint density at radius 3 is 1.05 bits per heavy atom. The number of nitrogens with zero attached hydrogens (tertiary/aromatic N) is 5. The Balaban J connectivity index is 0.000000155. The van der Waals surface area contributed by atoms with E-state index in [1.165, 1.54) is 43.1 Å². The number of nitrogens with one attached hydrogen (secondary N) is 3. The molecule has 2 unspecified atom stereocenters. The predicted octanol–water partition coefficient (Wildman–Crippen LogP) is 17.6. The van der Waals surface area contributed by atoms with Crippen molar-refractivity contribution in [3.05, 3.63) is 201 Å². The van der Waals surface area contributed by atoms with Gasteiger partial charge in [-0.25, -0.2) is 9.59 Å². The van der Waals surface area contributed by atoms with Crippen molar-refractivity contribution in [2.75, 3.05) is 11.5 Å². The zero-order valence-corrected chi connectivity index (χ0v) is 73.4. The quantitative estimate of drug-likeness (QED) is 0.0115. The van der Waals surface area contributed by atoms with Crippen molar-refractivity contribution in [3.63, 3.8) is 0 Å². The van der Waals surface area contributed by atoms with Crippen LogP contribution in [0.2, 0.25) is 0 Å². The van der Waals surface area contributed by atoms with Gasteiger partial charge in [0.2, 0.25) is 5.91 Å². The van der Waals surface area contributed by atoms with Gasteiger partial charge < -0.3 is 36.1 Å². The molecule has 14 aromatic rings. The van der Waals surface area contributed by atoms with Crippen molar-refractivity contribution in [1.29, 1.82) is 0 Å². The number of benzene rings is 12. The number of hydrogen-bond acceptors (Lipinski definition) is 18. The number of aromatic nitrogens is 2. The smallest absolute Gasteiger partial charge is 0.334 e. The summed E-state index contributed by atoms with van der Waals surface area (Å²) in [6.07, 6.45) is 8.77. The van der Waals surface area contributed by atoms with Gasteiger partial charge in [-0.15, -0.1) is 28.6 Å². The molecule has 0 saturated carbocycles. The van der Waals surface area contributed by atoms with Crippen LogP contribution < -0.4 is 11.1 Å². The summed E-state index contributed by atoms with van der Waals surface area (Å²) in [5.74, 6) is -6.78. The molecule has 12 aromatic carbocycles. The van der Waals surface area contributed by atoms with E-state index in [9.17, 15) is 72.2 Å². The average Bonchev–Trinajstić information content (AvgIpc) is 0.801. The molecule has 128 heavy (non-hydrogen) atoms. The third kappa shape index (κ3) is 14.2. The highest BCUT2D eigenvalue weighted by Crippen LogP contribution is 2.53.